The Bertz CT molecular complexity index is 985. The van der Waals surface area contributed by atoms with E-state index < -0.39 is 30.1 Å². The molecule has 0 aliphatic carbocycles. The average molecular weight is 453 g/mol. The largest absolute Gasteiger partial charge is 0.468 e. The Morgan fingerprint density at radius 3 is 2.47 bits per heavy atom. The summed E-state index contributed by atoms with van der Waals surface area (Å²) in [7, 11) is 0. The number of nitrogens with one attached hydrogen (secondary N) is 1. The topological polar surface area (TPSA) is 101 Å². The van der Waals surface area contributed by atoms with Gasteiger partial charge in [0.05, 0.1) is 6.42 Å². The summed E-state index contributed by atoms with van der Waals surface area (Å²) in [4.78, 5) is 32.8. The molecular formula is C22H26F3N3O4. The highest BCUT2D eigenvalue weighted by molar-refractivity contribution is 5.95. The second-order valence-electron chi connectivity index (χ2n) is 7.90. The molecule has 0 radical (unpaired) electrons. The first-order valence-corrected chi connectivity index (χ1v) is 9.97. The molecule has 0 saturated carbocycles. The molecular weight excluding hydrogens is 427 g/mol. The fraction of sp³-hybridized carbons (Fsp3) is 0.455. The molecule has 0 saturated heterocycles. The van der Waals surface area contributed by atoms with Crippen molar-refractivity contribution in [2.24, 2.45) is 0 Å². The summed E-state index contributed by atoms with van der Waals surface area (Å²) in [5, 5.41) is 12.5. The van der Waals surface area contributed by atoms with Crippen LogP contribution >= 0.6 is 0 Å². The number of ketones is 1. The van der Waals surface area contributed by atoms with Crippen LogP contribution in [0.2, 0.25) is 0 Å². The first-order valence-electron chi connectivity index (χ1n) is 9.97. The fourth-order valence-corrected chi connectivity index (χ4v) is 2.80. The maximum Gasteiger partial charge on any atom is 0.422 e. The Morgan fingerprint density at radius 2 is 1.88 bits per heavy atom. The average Bonchev–Trinajstić information content (AvgIpc) is 2.68. The number of hydrogen-bond donors (Lipinski definition) is 2. The zero-order chi connectivity index (χ0) is 24.1. The van der Waals surface area contributed by atoms with Gasteiger partial charge in [-0.25, -0.2) is 4.98 Å². The monoisotopic (exact) mass is 453 g/mol. The smallest absolute Gasteiger partial charge is 0.422 e. The number of Topliss-reactive ketones (excluding diaryl/α,β-unsaturated/α-hetero) is 1. The third-order valence-electron chi connectivity index (χ3n) is 4.48. The molecule has 0 bridgehead atoms. The van der Waals surface area contributed by atoms with Crippen LogP contribution in [0.5, 0.6) is 5.88 Å². The third kappa shape index (κ3) is 7.60. The van der Waals surface area contributed by atoms with Crippen LogP contribution in [0.3, 0.4) is 0 Å². The molecule has 7 nitrogen and oxygen atoms in total. The van der Waals surface area contributed by atoms with Crippen molar-refractivity contribution in [1.29, 1.82) is 0 Å². The zero-order valence-electron chi connectivity index (χ0n) is 18.3. The predicted molar refractivity (Wildman–Crippen MR) is 110 cm³/mol. The molecule has 10 heteroatoms. The van der Waals surface area contributed by atoms with Crippen LogP contribution in [-0.4, -0.2) is 45.1 Å². The first kappa shape index (κ1) is 25.3. The van der Waals surface area contributed by atoms with E-state index in [-0.39, 0.29) is 18.8 Å². The number of ether oxygens (including phenoxy) is 1. The van der Waals surface area contributed by atoms with Gasteiger partial charge in [-0.15, -0.1) is 0 Å². The molecule has 0 fully saturated rings. The second kappa shape index (κ2) is 10.1. The van der Waals surface area contributed by atoms with Crippen molar-refractivity contribution in [3.8, 4) is 5.88 Å². The number of amides is 1. The Hall–Kier alpha value is -3.01. The zero-order valence-corrected chi connectivity index (χ0v) is 18.3. The summed E-state index contributed by atoms with van der Waals surface area (Å²) in [6.45, 7) is 4.88. The number of carbonyl (C=O) groups is 2. The molecule has 2 N–H and O–H groups in total. The van der Waals surface area contributed by atoms with Crippen LogP contribution in [-0.2, 0) is 24.2 Å². The van der Waals surface area contributed by atoms with Crippen molar-refractivity contribution in [2.75, 3.05) is 6.61 Å². The second-order valence-corrected chi connectivity index (χ2v) is 7.90. The van der Waals surface area contributed by atoms with Crippen molar-refractivity contribution in [3.63, 3.8) is 0 Å². The Labute approximate surface area is 184 Å². The van der Waals surface area contributed by atoms with Gasteiger partial charge in [0.15, 0.2) is 12.4 Å². The van der Waals surface area contributed by atoms with Crippen LogP contribution in [0.1, 0.15) is 53.6 Å². The minimum absolute atomic E-state index is 0.0919. The molecule has 2 aromatic heterocycles. The van der Waals surface area contributed by atoms with Crippen LogP contribution < -0.4 is 10.1 Å². The minimum atomic E-state index is -4.46. The van der Waals surface area contributed by atoms with Crippen molar-refractivity contribution in [3.05, 3.63) is 52.5 Å². The van der Waals surface area contributed by atoms with Gasteiger partial charge in [0.1, 0.15) is 5.60 Å². The normalized spacial score (nSPS) is 11.9. The van der Waals surface area contributed by atoms with E-state index >= 15 is 0 Å². The van der Waals surface area contributed by atoms with E-state index in [1.54, 1.807) is 26.0 Å². The Balaban J connectivity index is 2.08. The number of aryl methyl sites for hydroxylation is 2. The van der Waals surface area contributed by atoms with Crippen molar-refractivity contribution < 1.29 is 32.6 Å². The lowest BCUT2D eigenvalue weighted by molar-refractivity contribution is -0.154. The van der Waals surface area contributed by atoms with E-state index in [2.05, 4.69) is 15.3 Å². The standard InChI is InChI=1S/C22H26F3N3O4/c1-5-15-7-14(11-27-20(15)32-12-22(23,24)25)10-26-19(30)16-6-13(2)28-17(8-16)9-18(29)21(3,4)31/h6-8,11,31H,5,9-10,12H2,1-4H3,(H,26,30). The summed E-state index contributed by atoms with van der Waals surface area (Å²) in [5.74, 6) is -0.929. The number of alkyl halides is 3. The van der Waals surface area contributed by atoms with Gasteiger partial charge in [-0.2, -0.15) is 13.2 Å². The molecule has 0 atom stereocenters. The van der Waals surface area contributed by atoms with Crippen LogP contribution in [0, 0.1) is 6.92 Å². The van der Waals surface area contributed by atoms with E-state index in [9.17, 15) is 27.9 Å². The van der Waals surface area contributed by atoms with E-state index in [1.807, 2.05) is 0 Å². The lowest BCUT2D eigenvalue weighted by Crippen LogP contribution is -2.33. The highest BCUT2D eigenvalue weighted by Crippen LogP contribution is 2.21. The van der Waals surface area contributed by atoms with Gasteiger partial charge in [0.25, 0.3) is 5.91 Å². The lowest BCUT2D eigenvalue weighted by atomic mass is 9.98. The molecule has 174 valence electrons. The molecule has 2 rings (SSSR count). The summed E-state index contributed by atoms with van der Waals surface area (Å²) >= 11 is 0. The van der Waals surface area contributed by atoms with E-state index in [0.29, 0.717) is 34.5 Å². The number of halogens is 3. The number of hydrogen-bond acceptors (Lipinski definition) is 6. The molecule has 0 aliphatic rings. The number of carbonyl (C=O) groups excluding carboxylic acids is 2. The number of nitrogens with zero attached hydrogens (tertiary/aromatic N) is 2. The maximum absolute atomic E-state index is 12.6. The highest BCUT2D eigenvalue weighted by Gasteiger charge is 2.29. The van der Waals surface area contributed by atoms with Gasteiger partial charge >= 0.3 is 6.18 Å². The third-order valence-corrected chi connectivity index (χ3v) is 4.48. The van der Waals surface area contributed by atoms with Crippen molar-refractivity contribution in [2.45, 2.75) is 58.9 Å². The van der Waals surface area contributed by atoms with Gasteiger partial charge in [-0.05, 0) is 51.0 Å². The summed E-state index contributed by atoms with van der Waals surface area (Å²) in [6, 6.07) is 4.68. The molecule has 1 amide bonds. The maximum atomic E-state index is 12.6. The van der Waals surface area contributed by atoms with Crippen LogP contribution in [0.4, 0.5) is 13.2 Å². The predicted octanol–water partition coefficient (Wildman–Crippen LogP) is 3.10. The van der Waals surface area contributed by atoms with Gasteiger partial charge in [-0.3, -0.25) is 14.6 Å². The fourth-order valence-electron chi connectivity index (χ4n) is 2.80. The van der Waals surface area contributed by atoms with E-state index in [0.717, 1.165) is 0 Å². The first-order chi connectivity index (χ1) is 14.8. The molecule has 0 unspecified atom stereocenters. The molecule has 0 aliphatic heterocycles. The Kier molecular flexibility index (Phi) is 7.95. The van der Waals surface area contributed by atoms with Crippen molar-refractivity contribution in [1.82, 2.24) is 15.3 Å². The van der Waals surface area contributed by atoms with Crippen LogP contribution in [0.15, 0.2) is 24.4 Å². The number of aliphatic hydroxyl groups is 1. The van der Waals surface area contributed by atoms with Gasteiger partial charge < -0.3 is 15.2 Å². The van der Waals surface area contributed by atoms with Gasteiger partial charge in [0, 0.05) is 35.3 Å². The van der Waals surface area contributed by atoms with Crippen LogP contribution in [0.25, 0.3) is 0 Å². The molecule has 32 heavy (non-hydrogen) atoms. The number of pyridine rings is 2. The minimum Gasteiger partial charge on any atom is -0.468 e. The summed E-state index contributed by atoms with van der Waals surface area (Å²) in [6.07, 6.45) is -2.83. The number of rotatable bonds is 9. The molecule has 0 spiro atoms. The lowest BCUT2D eigenvalue weighted by Gasteiger charge is -2.15. The Morgan fingerprint density at radius 1 is 1.19 bits per heavy atom. The van der Waals surface area contributed by atoms with E-state index in [1.165, 1.54) is 26.1 Å². The quantitative estimate of drug-likeness (QED) is 0.605. The van der Waals surface area contributed by atoms with Gasteiger partial charge in [-0.1, -0.05) is 6.92 Å². The molecule has 0 aromatic carbocycles. The van der Waals surface area contributed by atoms with Crippen molar-refractivity contribution >= 4 is 11.7 Å². The number of aromatic nitrogens is 2. The summed E-state index contributed by atoms with van der Waals surface area (Å²) < 4.78 is 41.9. The van der Waals surface area contributed by atoms with E-state index in [4.69, 9.17) is 4.74 Å². The molecule has 2 heterocycles. The molecule has 2 aromatic rings. The SMILES string of the molecule is CCc1cc(CNC(=O)c2cc(C)nc(CC(=O)C(C)(C)O)c2)cnc1OCC(F)(F)F. The van der Waals surface area contributed by atoms with Gasteiger partial charge in [0.2, 0.25) is 5.88 Å². The highest BCUT2D eigenvalue weighted by atomic mass is 19.4. The summed E-state index contributed by atoms with van der Waals surface area (Å²) in [5.41, 5.74) is 0.782.